The average molecular weight is 441 g/mol. The van der Waals surface area contributed by atoms with E-state index in [1.165, 1.54) is 26.8 Å². The van der Waals surface area contributed by atoms with Crippen molar-refractivity contribution in [1.29, 1.82) is 0 Å². The van der Waals surface area contributed by atoms with E-state index >= 15 is 8.78 Å². The van der Waals surface area contributed by atoms with Crippen LogP contribution in [0.5, 0.6) is 0 Å². The van der Waals surface area contributed by atoms with Gasteiger partial charge in [0.1, 0.15) is 17.9 Å². The maximum absolute atomic E-state index is 16.8. The molecule has 0 unspecified atom stereocenters. The Morgan fingerprint density at radius 1 is 1.26 bits per heavy atom. The van der Waals surface area contributed by atoms with Gasteiger partial charge >= 0.3 is 5.97 Å². The van der Waals surface area contributed by atoms with Crippen LogP contribution in [0.2, 0.25) is 0 Å². The van der Waals surface area contributed by atoms with Crippen molar-refractivity contribution in [2.75, 3.05) is 0 Å². The number of carbonyl (C=O) groups is 2. The number of aliphatic hydroxyl groups is 1. The first-order valence-corrected chi connectivity index (χ1v) is 11.1. The summed E-state index contributed by atoms with van der Waals surface area (Å²) in [7, 11) is 0. The zero-order valence-electron chi connectivity index (χ0n) is 18.5. The fourth-order valence-electron chi connectivity index (χ4n) is 6.87. The van der Waals surface area contributed by atoms with E-state index in [0.717, 1.165) is 6.08 Å². The summed E-state index contributed by atoms with van der Waals surface area (Å²) >= 11 is 0. The van der Waals surface area contributed by atoms with Gasteiger partial charge in [-0.1, -0.05) is 13.0 Å². The molecule has 0 aromatic rings. The molecule has 172 valence electrons. The maximum atomic E-state index is 16.8. The van der Waals surface area contributed by atoms with Gasteiger partial charge in [0.25, 0.3) is 0 Å². The van der Waals surface area contributed by atoms with E-state index < -0.39 is 57.9 Å². The number of esters is 1. The van der Waals surface area contributed by atoms with Crippen LogP contribution >= 0.6 is 0 Å². The molecule has 3 fully saturated rings. The molecule has 7 heteroatoms. The van der Waals surface area contributed by atoms with E-state index in [1.807, 2.05) is 6.92 Å². The second-order valence-corrected chi connectivity index (χ2v) is 11.0. The molecule has 4 aliphatic rings. The van der Waals surface area contributed by atoms with Crippen LogP contribution in [-0.4, -0.2) is 40.4 Å². The molecule has 0 aliphatic heterocycles. The van der Waals surface area contributed by atoms with Gasteiger partial charge in [-0.3, -0.25) is 9.59 Å². The summed E-state index contributed by atoms with van der Waals surface area (Å²) in [4.78, 5) is 24.1. The Kier molecular flexibility index (Phi) is 5.04. The summed E-state index contributed by atoms with van der Waals surface area (Å²) < 4.78 is 52.3. The Labute approximate surface area is 180 Å². The molecule has 4 nitrogen and oxygen atoms in total. The standard InChI is InChI=1S/C24H31F3O4/c1-21(2,30)12-18(29)31-17-6-5-13-14-11-15(25)19-20(26)16(28)7-8-23(19,4)24(14,27)10-9-22(13,17)3/h7-8,13-15,17,30H,5-6,9-12H2,1-4H3/t13-,14-,15-,17+,22-,23-,24+/m0/s1. The summed E-state index contributed by atoms with van der Waals surface area (Å²) in [6.45, 7) is 6.53. The number of alkyl halides is 2. The van der Waals surface area contributed by atoms with Gasteiger partial charge in [0.15, 0.2) is 5.83 Å². The molecular formula is C24H31F3O4. The fourth-order valence-corrected chi connectivity index (χ4v) is 6.87. The topological polar surface area (TPSA) is 63.6 Å². The van der Waals surface area contributed by atoms with Crippen LogP contribution in [0.4, 0.5) is 13.2 Å². The van der Waals surface area contributed by atoms with Gasteiger partial charge in [0.05, 0.1) is 12.0 Å². The van der Waals surface area contributed by atoms with Gasteiger partial charge in [-0.2, -0.15) is 0 Å². The summed E-state index contributed by atoms with van der Waals surface area (Å²) in [5.74, 6) is -3.46. The number of halogens is 3. The number of carbonyl (C=O) groups excluding carboxylic acids is 2. The highest BCUT2D eigenvalue weighted by molar-refractivity contribution is 6.04. The predicted molar refractivity (Wildman–Crippen MR) is 108 cm³/mol. The molecular weight excluding hydrogens is 409 g/mol. The Balaban J connectivity index is 1.64. The summed E-state index contributed by atoms with van der Waals surface area (Å²) in [6.07, 6.45) is 1.51. The van der Waals surface area contributed by atoms with E-state index in [-0.39, 0.29) is 30.8 Å². The lowest BCUT2D eigenvalue weighted by Gasteiger charge is -2.60. The molecule has 7 atom stereocenters. The fraction of sp³-hybridized carbons (Fsp3) is 0.750. The van der Waals surface area contributed by atoms with E-state index in [0.29, 0.717) is 19.3 Å². The second-order valence-electron chi connectivity index (χ2n) is 11.0. The first kappa shape index (κ1) is 22.6. The van der Waals surface area contributed by atoms with Crippen LogP contribution in [0, 0.1) is 22.7 Å². The van der Waals surface area contributed by atoms with Crippen molar-refractivity contribution in [2.45, 2.75) is 89.8 Å². The third-order valence-corrected chi connectivity index (χ3v) is 8.49. The van der Waals surface area contributed by atoms with E-state index in [2.05, 4.69) is 0 Å². The Bertz CT molecular complexity index is 875. The molecule has 0 bridgehead atoms. The summed E-state index contributed by atoms with van der Waals surface area (Å²) in [5.41, 5.74) is -5.44. The Morgan fingerprint density at radius 2 is 1.94 bits per heavy atom. The third-order valence-electron chi connectivity index (χ3n) is 8.49. The monoisotopic (exact) mass is 440 g/mol. The number of ketones is 1. The lowest BCUT2D eigenvalue weighted by Crippen LogP contribution is -2.62. The molecule has 0 spiro atoms. The van der Waals surface area contributed by atoms with Crippen LogP contribution in [0.25, 0.3) is 0 Å². The van der Waals surface area contributed by atoms with Crippen LogP contribution in [-0.2, 0) is 14.3 Å². The van der Waals surface area contributed by atoms with Crippen molar-refractivity contribution in [3.8, 4) is 0 Å². The van der Waals surface area contributed by atoms with Crippen LogP contribution in [0.3, 0.4) is 0 Å². The normalized spacial score (nSPS) is 44.6. The SMILES string of the molecule is CC(C)(O)CC(=O)O[C@@H]1CC[C@H]2[C@@H]3C[C@H](F)C4=C(F)C(=O)C=C[C@]4(C)[C@@]3(F)CC[C@]12C. The van der Waals surface area contributed by atoms with Crippen LogP contribution in [0.15, 0.2) is 23.6 Å². The molecule has 0 saturated heterocycles. The van der Waals surface area contributed by atoms with Crippen molar-refractivity contribution >= 4 is 11.8 Å². The third kappa shape index (κ3) is 3.21. The Hall–Kier alpha value is -1.63. The molecule has 1 N–H and O–H groups in total. The van der Waals surface area contributed by atoms with Crippen molar-refractivity contribution in [3.63, 3.8) is 0 Å². The molecule has 4 rings (SSSR count). The largest absolute Gasteiger partial charge is 0.462 e. The molecule has 0 aromatic heterocycles. The number of hydrogen-bond acceptors (Lipinski definition) is 4. The quantitative estimate of drug-likeness (QED) is 0.646. The predicted octanol–water partition coefficient (Wildman–Crippen LogP) is 4.70. The van der Waals surface area contributed by atoms with Gasteiger partial charge in [0.2, 0.25) is 5.78 Å². The highest BCUT2D eigenvalue weighted by Gasteiger charge is 2.69. The summed E-state index contributed by atoms with van der Waals surface area (Å²) in [5, 5.41) is 9.90. The average Bonchev–Trinajstić information content (AvgIpc) is 2.96. The number of ether oxygens (including phenoxy) is 1. The molecule has 0 aromatic carbocycles. The zero-order chi connectivity index (χ0) is 23.0. The van der Waals surface area contributed by atoms with E-state index in [1.54, 1.807) is 0 Å². The minimum absolute atomic E-state index is 0.0722. The minimum Gasteiger partial charge on any atom is -0.462 e. The first-order valence-electron chi connectivity index (χ1n) is 11.1. The van der Waals surface area contributed by atoms with Gasteiger partial charge in [-0.05, 0) is 64.9 Å². The van der Waals surface area contributed by atoms with E-state index in [9.17, 15) is 19.1 Å². The number of allylic oxidation sites excluding steroid dienone is 4. The number of fused-ring (bicyclic) bond motifs is 5. The number of hydrogen-bond donors (Lipinski definition) is 1. The maximum Gasteiger partial charge on any atom is 0.308 e. The highest BCUT2D eigenvalue weighted by Crippen LogP contribution is 2.68. The van der Waals surface area contributed by atoms with Crippen molar-refractivity contribution in [2.24, 2.45) is 22.7 Å². The van der Waals surface area contributed by atoms with Crippen molar-refractivity contribution < 1.29 is 32.6 Å². The van der Waals surface area contributed by atoms with Gasteiger partial charge in [-0.15, -0.1) is 0 Å². The minimum atomic E-state index is -1.88. The summed E-state index contributed by atoms with van der Waals surface area (Å²) in [6, 6.07) is 0. The van der Waals surface area contributed by atoms with Gasteiger partial charge in [-0.25, -0.2) is 13.2 Å². The highest BCUT2D eigenvalue weighted by atomic mass is 19.2. The Morgan fingerprint density at radius 3 is 2.58 bits per heavy atom. The van der Waals surface area contributed by atoms with Crippen molar-refractivity contribution in [1.82, 2.24) is 0 Å². The molecule has 0 amide bonds. The smallest absolute Gasteiger partial charge is 0.308 e. The lowest BCUT2D eigenvalue weighted by molar-refractivity contribution is -0.173. The molecule has 0 radical (unpaired) electrons. The molecule has 3 saturated carbocycles. The molecule has 0 heterocycles. The molecule has 4 aliphatic carbocycles. The zero-order valence-corrected chi connectivity index (χ0v) is 18.5. The van der Waals surface area contributed by atoms with Crippen LogP contribution < -0.4 is 0 Å². The lowest BCUT2D eigenvalue weighted by atomic mass is 9.46. The van der Waals surface area contributed by atoms with E-state index in [4.69, 9.17) is 4.74 Å². The molecule has 31 heavy (non-hydrogen) atoms. The van der Waals surface area contributed by atoms with Crippen molar-refractivity contribution in [3.05, 3.63) is 23.6 Å². The first-order chi connectivity index (χ1) is 14.2. The van der Waals surface area contributed by atoms with Gasteiger partial charge in [0, 0.05) is 22.3 Å². The second kappa shape index (κ2) is 6.93. The number of rotatable bonds is 3. The van der Waals surface area contributed by atoms with Gasteiger partial charge < -0.3 is 9.84 Å². The van der Waals surface area contributed by atoms with Crippen LogP contribution in [0.1, 0.15) is 66.2 Å².